The van der Waals surface area contributed by atoms with Crippen molar-refractivity contribution in [1.29, 1.82) is 0 Å². The summed E-state index contributed by atoms with van der Waals surface area (Å²) in [6.07, 6.45) is 10.4. The van der Waals surface area contributed by atoms with Crippen LogP contribution in [0.15, 0.2) is 158 Å². The highest BCUT2D eigenvalue weighted by molar-refractivity contribution is 6.20. The number of carbonyl (C=O) groups excluding carboxylic acids is 9. The summed E-state index contributed by atoms with van der Waals surface area (Å²) in [5.74, 6) is 0.460. The third kappa shape index (κ3) is 23.5. The molecule has 1 unspecified atom stereocenters. The molecule has 0 spiro atoms. The highest BCUT2D eigenvalue weighted by atomic mass is 16.3. The van der Waals surface area contributed by atoms with Gasteiger partial charge in [-0.15, -0.1) is 0 Å². The predicted molar refractivity (Wildman–Crippen MR) is 597 cm³/mol. The number of hydrogen-bond acceptors (Lipinski definition) is 19. The van der Waals surface area contributed by atoms with Gasteiger partial charge < -0.3 is 72.7 Å². The van der Waals surface area contributed by atoms with Gasteiger partial charge in [0, 0.05) is 240 Å². The van der Waals surface area contributed by atoms with E-state index in [1.165, 1.54) is 50.6 Å². The number of rotatable bonds is 34. The van der Waals surface area contributed by atoms with Crippen LogP contribution in [-0.2, 0) is 39.3 Å². The van der Waals surface area contributed by atoms with Gasteiger partial charge in [-0.3, -0.25) is 43.2 Å². The fourth-order valence-corrected chi connectivity index (χ4v) is 20.8. The Morgan fingerprint density at radius 1 is 0.352 bits per heavy atom. The van der Waals surface area contributed by atoms with Crippen LogP contribution in [0.5, 0.6) is 23.0 Å². The maximum absolute atomic E-state index is 12.7. The molecule has 5 aromatic heterocycles. The van der Waals surface area contributed by atoms with Crippen LogP contribution in [0, 0.1) is 11.8 Å². The minimum Gasteiger partial charge on any atom is -0.507 e. The summed E-state index contributed by atoms with van der Waals surface area (Å²) in [7, 11) is 12.5. The standard InChI is InChI=1S/C26H30N2O2.C23H27N3O2.C23H26N2O4.C23H28N2O2.C22H26N2O3.4CH4/c1-3-27(4-2)13-14-28-23-11-9-19(25(29)17-5-6-17)15-21(23)22-16-20(10-12-24(22)28)26(30)18-7-8-18;1-14-16-7-8-20-23(19(16)13-25(14)5)18-11-17(15(2)27)22(28)12-21(18)26(20)10-6-9-24(3)4;1-13(26)16-9-18-19-10-17(14(2)27)23(29)12-21(19)25(20(18)11-22(16)28)8-6-15-5-4-7-24(15)3;1-5-22(26)16-8-10-20-18(14-16)19-15-17(23(27)6-2)9-11-21(19)25(20)13-7-12-24(3)4;1-5-23(6-2)9-10-24-20-8-7-16(14(3)25)11-18(20)19-12-17(15(4)26)22(27)13-21(19)24;;;;/h9-12,15-18H,3-8,13-14H2,1-2H3;7-8,11-12,28H,1,6,9-10,13H2,2-5H3;9-12,15,28-29H,4-8H2,1-3H3;8-11,14-15H,5-7,12-13H2,1-4H3;7-8,11-13,27H,5-6,9-10H2,1-4H3;4*1H4. The molecule has 19 rings (SSSR count). The molecule has 2 saturated carbocycles. The van der Waals surface area contributed by atoms with E-state index in [4.69, 9.17) is 0 Å². The number of aryl methyl sites for hydroxylation is 3. The third-order valence-corrected chi connectivity index (χ3v) is 29.3. The summed E-state index contributed by atoms with van der Waals surface area (Å²) in [6.45, 7) is 37.9. The maximum Gasteiger partial charge on any atom is 0.165 e. The number of fused-ring (bicyclic) bond motifs is 17. The van der Waals surface area contributed by atoms with Gasteiger partial charge in [0.15, 0.2) is 52.0 Å². The van der Waals surface area contributed by atoms with Crippen molar-refractivity contribution in [3.05, 3.63) is 219 Å². The summed E-state index contributed by atoms with van der Waals surface area (Å²) in [4.78, 5) is 123. The van der Waals surface area contributed by atoms with Gasteiger partial charge in [-0.05, 0) is 300 Å². The Labute approximate surface area is 854 Å². The molecule has 3 fully saturated rings. The molecule has 0 amide bonds. The number of aromatic nitrogens is 5. The summed E-state index contributed by atoms with van der Waals surface area (Å²) in [5, 5.41) is 51.5. The number of phenolic OH excluding ortho intramolecular Hbond substituents is 4. The molecule has 4 N–H and O–H groups in total. The van der Waals surface area contributed by atoms with Crippen LogP contribution in [0.2, 0.25) is 0 Å². The zero-order valence-corrected chi connectivity index (χ0v) is 85.1. The molecule has 145 heavy (non-hydrogen) atoms. The largest absolute Gasteiger partial charge is 0.507 e. The lowest BCUT2D eigenvalue weighted by Crippen LogP contribution is -2.26. The lowest BCUT2D eigenvalue weighted by molar-refractivity contribution is 0.0960. The molecule has 10 aromatic carbocycles. The number of ketones is 9. The summed E-state index contributed by atoms with van der Waals surface area (Å²) < 4.78 is 11.2. The highest BCUT2D eigenvalue weighted by Gasteiger charge is 2.34. The quantitative estimate of drug-likeness (QED) is 0.0273. The molecule has 1 saturated heterocycles. The molecular weight excluding hydrogens is 1820 g/mol. The number of aromatic hydroxyl groups is 4. The molecule has 24 nitrogen and oxygen atoms in total. The van der Waals surface area contributed by atoms with Gasteiger partial charge in [-0.25, -0.2) is 0 Å². The number of phenols is 4. The number of carbonyl (C=O) groups is 9. The van der Waals surface area contributed by atoms with E-state index in [1.807, 2.05) is 74.5 Å². The molecule has 7 heterocycles. The van der Waals surface area contributed by atoms with Crippen molar-refractivity contribution in [1.82, 2.24) is 52.2 Å². The smallest absolute Gasteiger partial charge is 0.165 e. The second-order valence-corrected chi connectivity index (χ2v) is 39.3. The fourth-order valence-electron chi connectivity index (χ4n) is 20.8. The van der Waals surface area contributed by atoms with E-state index in [1.54, 1.807) is 49.4 Å². The molecule has 2 aliphatic heterocycles. The number of Topliss-reactive ketones (excluding diaryl/α,β-unsaturated/α-hetero) is 9. The minimum absolute atomic E-state index is 0. The average molecular weight is 1970 g/mol. The number of likely N-dealkylation sites (tertiary alicyclic amines) is 1. The lowest BCUT2D eigenvalue weighted by Gasteiger charge is -2.20. The van der Waals surface area contributed by atoms with Gasteiger partial charge in [-0.2, -0.15) is 0 Å². The molecule has 4 aliphatic rings. The van der Waals surface area contributed by atoms with E-state index in [9.17, 15) is 63.6 Å². The van der Waals surface area contributed by atoms with Crippen LogP contribution in [0.3, 0.4) is 0 Å². The Kier molecular flexibility index (Phi) is 36.9. The second kappa shape index (κ2) is 47.7. The third-order valence-electron chi connectivity index (χ3n) is 29.3. The second-order valence-electron chi connectivity index (χ2n) is 39.3. The molecule has 15 aromatic rings. The first-order chi connectivity index (χ1) is 67.5. The van der Waals surface area contributed by atoms with E-state index in [2.05, 4.69) is 177 Å². The Morgan fingerprint density at radius 3 is 1.00 bits per heavy atom. The van der Waals surface area contributed by atoms with E-state index in [0.29, 0.717) is 42.1 Å². The molecule has 2 aliphatic carbocycles. The van der Waals surface area contributed by atoms with Gasteiger partial charge in [0.05, 0.1) is 44.3 Å². The summed E-state index contributed by atoms with van der Waals surface area (Å²) in [5.41, 5.74) is 18.5. The normalized spacial score (nSPS) is 13.9. The van der Waals surface area contributed by atoms with Crippen molar-refractivity contribution in [2.45, 2.75) is 222 Å². The number of benzene rings is 10. The molecule has 24 heteroatoms. The van der Waals surface area contributed by atoms with E-state index in [0.717, 1.165) is 275 Å². The molecule has 0 bridgehead atoms. The van der Waals surface area contributed by atoms with Crippen LogP contribution in [0.1, 0.15) is 281 Å². The maximum atomic E-state index is 12.7. The first-order valence-corrected chi connectivity index (χ1v) is 50.3. The molecule has 770 valence electrons. The average Bonchev–Trinajstić information content (AvgIpc) is 1.56. The zero-order chi connectivity index (χ0) is 101. The van der Waals surface area contributed by atoms with Gasteiger partial charge in [0.1, 0.15) is 23.0 Å². The highest BCUT2D eigenvalue weighted by Crippen LogP contribution is 2.46. The summed E-state index contributed by atoms with van der Waals surface area (Å²) >= 11 is 0. The number of hydrogen-bond donors (Lipinski definition) is 4. The minimum atomic E-state index is -0.219. The first-order valence-electron chi connectivity index (χ1n) is 50.3. The van der Waals surface area contributed by atoms with E-state index < -0.39 is 0 Å². The Balaban J connectivity index is 0.000000172. The topological polar surface area (TPSA) is 279 Å². The lowest BCUT2D eigenvalue weighted by atomic mass is 10.00. The van der Waals surface area contributed by atoms with Crippen molar-refractivity contribution in [2.75, 3.05) is 101 Å². The molecule has 0 radical (unpaired) electrons. The van der Waals surface area contributed by atoms with Crippen molar-refractivity contribution in [3.63, 3.8) is 0 Å². The van der Waals surface area contributed by atoms with Crippen LogP contribution >= 0.6 is 0 Å². The van der Waals surface area contributed by atoms with Crippen LogP contribution < -0.4 is 0 Å². The SMILES string of the molecule is C.C.C.C.C=C1c2ccc3c(c2CN1C)c1cc(C(C)=O)c(O)cc1n3CCCN(C)C.CC(=O)c1cc2c3cc(C(C)=O)c(O)cc3n(CCC3CCCN3C)c2cc1O.CCC(=O)c1ccc2c(c1)c1cc(C(=O)CC)ccc1n2CCCN(C)C.CCN(CC)CCn1c2ccc(C(=O)C3CC3)cc2c2cc(C(=O)C3CC3)ccc21.CCN(CC)CCn1c2ccc(C(C)=O)cc2c2cc(C(C)=O)c(O)cc21. The molecular formula is C121H153N11O13. The Bertz CT molecular complexity index is 7230. The van der Waals surface area contributed by atoms with Gasteiger partial charge in [-0.1, -0.05) is 83.9 Å². The predicted octanol–water partition coefficient (Wildman–Crippen LogP) is 25.2. The first kappa shape index (κ1) is 112. The molecule has 1 atom stereocenters. The van der Waals surface area contributed by atoms with Crippen LogP contribution in [0.4, 0.5) is 0 Å². The van der Waals surface area contributed by atoms with Crippen LogP contribution in [-0.4, -0.2) is 232 Å². The zero-order valence-electron chi connectivity index (χ0n) is 85.1. The Morgan fingerprint density at radius 2 is 0.662 bits per heavy atom. The van der Waals surface area contributed by atoms with Crippen LogP contribution in [0.25, 0.3) is 115 Å². The van der Waals surface area contributed by atoms with Crippen molar-refractivity contribution >= 4 is 167 Å². The van der Waals surface area contributed by atoms with Gasteiger partial charge >= 0.3 is 0 Å². The van der Waals surface area contributed by atoms with Gasteiger partial charge in [0.25, 0.3) is 0 Å². The Hall–Kier alpha value is -13.2. The van der Waals surface area contributed by atoms with Crippen molar-refractivity contribution in [3.8, 4) is 23.0 Å². The van der Waals surface area contributed by atoms with Crippen molar-refractivity contribution < 1.29 is 63.6 Å². The van der Waals surface area contributed by atoms with E-state index >= 15 is 0 Å². The fraction of sp³-hybridized carbons (Fsp3) is 0.413. The number of likely N-dealkylation sites (N-methyl/N-ethyl adjacent to an activating group) is 2. The summed E-state index contributed by atoms with van der Waals surface area (Å²) in [6, 6.07) is 48.4. The number of nitrogens with zero attached hydrogens (tertiary/aromatic N) is 11. The van der Waals surface area contributed by atoms with E-state index in [-0.39, 0.29) is 128 Å². The monoisotopic (exact) mass is 1970 g/mol. The van der Waals surface area contributed by atoms with Crippen molar-refractivity contribution in [2.24, 2.45) is 11.8 Å². The van der Waals surface area contributed by atoms with Gasteiger partial charge in [0.2, 0.25) is 0 Å².